The van der Waals surface area contributed by atoms with Crippen LogP contribution in [-0.4, -0.2) is 11.1 Å². The van der Waals surface area contributed by atoms with Gasteiger partial charge >= 0.3 is 5.97 Å². The Morgan fingerprint density at radius 1 is 1.00 bits per heavy atom. The molecule has 0 spiro atoms. The van der Waals surface area contributed by atoms with Gasteiger partial charge in [0.25, 0.3) is 0 Å². The molecule has 3 aromatic carbocycles. The highest BCUT2D eigenvalue weighted by molar-refractivity contribution is 5.92. The Bertz CT molecular complexity index is 861. The molecule has 0 radical (unpaired) electrons. The first-order chi connectivity index (χ1) is 10.6. The number of benzene rings is 3. The molecule has 0 bridgehead atoms. The first-order valence-corrected chi connectivity index (χ1v) is 6.44. The van der Waals surface area contributed by atoms with Crippen LogP contribution < -0.4 is 4.74 Å². The maximum Gasteiger partial charge on any atom is 0.343 e. The third kappa shape index (κ3) is 2.48. The van der Waals surface area contributed by atoms with E-state index in [1.807, 2.05) is 0 Å². The Hall–Kier alpha value is -2.95. The van der Waals surface area contributed by atoms with Crippen molar-refractivity contribution in [1.29, 1.82) is 0 Å². The summed E-state index contributed by atoms with van der Waals surface area (Å²) in [5.41, 5.74) is 0.277. The Labute approximate surface area is 124 Å². The van der Waals surface area contributed by atoms with Gasteiger partial charge in [0, 0.05) is 5.39 Å². The van der Waals surface area contributed by atoms with Crippen LogP contribution in [-0.2, 0) is 0 Å². The monoisotopic (exact) mass is 300 g/mol. The van der Waals surface area contributed by atoms with E-state index in [0.717, 1.165) is 12.1 Å². The smallest absolute Gasteiger partial charge is 0.343 e. The van der Waals surface area contributed by atoms with E-state index < -0.39 is 23.4 Å². The largest absolute Gasteiger partial charge is 0.505 e. The van der Waals surface area contributed by atoms with E-state index in [-0.39, 0.29) is 16.7 Å². The molecule has 1 N–H and O–H groups in total. The zero-order valence-electron chi connectivity index (χ0n) is 11.2. The highest BCUT2D eigenvalue weighted by atomic mass is 19.1. The Morgan fingerprint density at radius 2 is 1.73 bits per heavy atom. The van der Waals surface area contributed by atoms with Crippen LogP contribution in [0.1, 0.15) is 10.4 Å². The number of halogens is 2. The lowest BCUT2D eigenvalue weighted by atomic mass is 10.1. The summed E-state index contributed by atoms with van der Waals surface area (Å²) >= 11 is 0. The van der Waals surface area contributed by atoms with Crippen LogP contribution in [0.15, 0.2) is 54.6 Å². The maximum atomic E-state index is 14.0. The van der Waals surface area contributed by atoms with Gasteiger partial charge in [-0.15, -0.1) is 0 Å². The van der Waals surface area contributed by atoms with Gasteiger partial charge in [-0.25, -0.2) is 13.6 Å². The van der Waals surface area contributed by atoms with Crippen molar-refractivity contribution < 1.29 is 23.4 Å². The predicted octanol–water partition coefficient (Wildman–Crippen LogP) is 4.04. The van der Waals surface area contributed by atoms with E-state index in [1.165, 1.54) is 12.1 Å². The van der Waals surface area contributed by atoms with Gasteiger partial charge < -0.3 is 9.84 Å². The molecule has 0 aliphatic heterocycles. The zero-order valence-corrected chi connectivity index (χ0v) is 11.2. The number of carbonyl (C=O) groups excluding carboxylic acids is 1. The van der Waals surface area contributed by atoms with Gasteiger partial charge in [-0.3, -0.25) is 0 Å². The number of phenols is 1. The molecule has 0 heterocycles. The molecule has 3 nitrogen and oxygen atoms in total. The first kappa shape index (κ1) is 14.0. The molecule has 0 aromatic heterocycles. The number of phenolic OH excluding ortho intramolecular Hbond substituents is 1. The molecular weight excluding hydrogens is 290 g/mol. The lowest BCUT2D eigenvalue weighted by molar-refractivity contribution is 0.0728. The van der Waals surface area contributed by atoms with Gasteiger partial charge in [0.05, 0.1) is 5.56 Å². The van der Waals surface area contributed by atoms with Crippen molar-refractivity contribution in [1.82, 2.24) is 0 Å². The third-order valence-electron chi connectivity index (χ3n) is 3.20. The number of fused-ring (bicyclic) bond motifs is 1. The highest BCUT2D eigenvalue weighted by Crippen LogP contribution is 2.30. The molecule has 0 saturated carbocycles. The van der Waals surface area contributed by atoms with Gasteiger partial charge in [-0.05, 0) is 35.7 Å². The molecule has 0 aliphatic carbocycles. The van der Waals surface area contributed by atoms with Crippen molar-refractivity contribution in [3.05, 3.63) is 71.8 Å². The van der Waals surface area contributed by atoms with E-state index in [9.17, 15) is 18.7 Å². The summed E-state index contributed by atoms with van der Waals surface area (Å²) in [4.78, 5) is 11.9. The standard InChI is InChI=1S/C17H10F2O3/c18-13-9-12-11(6-7-14(20)16(12)19)8-15(13)22-17(21)10-4-2-1-3-5-10/h1-9,20H. The quantitative estimate of drug-likeness (QED) is 0.574. The van der Waals surface area contributed by atoms with E-state index >= 15 is 0 Å². The molecule has 0 amide bonds. The molecule has 0 saturated heterocycles. The molecule has 0 aliphatic rings. The van der Waals surface area contributed by atoms with E-state index in [0.29, 0.717) is 5.39 Å². The number of rotatable bonds is 2. The summed E-state index contributed by atoms with van der Waals surface area (Å²) < 4.78 is 32.7. The molecule has 0 unspecified atom stereocenters. The minimum absolute atomic E-state index is 0.0861. The molecule has 110 valence electrons. The number of hydrogen-bond donors (Lipinski definition) is 1. The van der Waals surface area contributed by atoms with Crippen LogP contribution in [0.5, 0.6) is 11.5 Å². The number of carbonyl (C=O) groups is 1. The van der Waals surface area contributed by atoms with Crippen molar-refractivity contribution in [2.24, 2.45) is 0 Å². The number of aromatic hydroxyl groups is 1. The molecule has 0 atom stereocenters. The second-order valence-electron chi connectivity index (χ2n) is 4.66. The maximum absolute atomic E-state index is 14.0. The summed E-state index contributed by atoms with van der Waals surface area (Å²) in [6.45, 7) is 0. The molecule has 3 rings (SSSR count). The summed E-state index contributed by atoms with van der Waals surface area (Å²) in [5.74, 6) is -3.39. The van der Waals surface area contributed by atoms with E-state index in [1.54, 1.807) is 30.3 Å². The van der Waals surface area contributed by atoms with Crippen molar-refractivity contribution >= 4 is 16.7 Å². The number of hydrogen-bond acceptors (Lipinski definition) is 3. The van der Waals surface area contributed by atoms with Gasteiger partial charge in [0.2, 0.25) is 0 Å². The lowest BCUT2D eigenvalue weighted by Gasteiger charge is -2.08. The highest BCUT2D eigenvalue weighted by Gasteiger charge is 2.15. The Morgan fingerprint density at radius 3 is 2.45 bits per heavy atom. The summed E-state index contributed by atoms with van der Waals surface area (Å²) in [6.07, 6.45) is 0. The van der Waals surface area contributed by atoms with Crippen LogP contribution in [0.3, 0.4) is 0 Å². The van der Waals surface area contributed by atoms with Crippen LogP contribution in [0, 0.1) is 11.6 Å². The van der Waals surface area contributed by atoms with Crippen LogP contribution in [0.25, 0.3) is 10.8 Å². The van der Waals surface area contributed by atoms with Gasteiger partial charge in [0.1, 0.15) is 0 Å². The lowest BCUT2D eigenvalue weighted by Crippen LogP contribution is -2.09. The van der Waals surface area contributed by atoms with Gasteiger partial charge in [0.15, 0.2) is 23.1 Å². The van der Waals surface area contributed by atoms with E-state index in [4.69, 9.17) is 4.74 Å². The van der Waals surface area contributed by atoms with Crippen LogP contribution in [0.2, 0.25) is 0 Å². The minimum atomic E-state index is -0.919. The normalized spacial score (nSPS) is 10.6. The third-order valence-corrected chi connectivity index (χ3v) is 3.20. The fraction of sp³-hybridized carbons (Fsp3) is 0. The molecule has 0 fully saturated rings. The minimum Gasteiger partial charge on any atom is -0.505 e. The molecule has 3 aromatic rings. The summed E-state index contributed by atoms with van der Waals surface area (Å²) in [6, 6.07) is 12.8. The molecule has 22 heavy (non-hydrogen) atoms. The van der Waals surface area contributed by atoms with Gasteiger partial charge in [-0.1, -0.05) is 24.3 Å². The fourth-order valence-electron chi connectivity index (χ4n) is 2.09. The van der Waals surface area contributed by atoms with Crippen molar-refractivity contribution in [2.75, 3.05) is 0 Å². The predicted molar refractivity (Wildman–Crippen MR) is 76.9 cm³/mol. The van der Waals surface area contributed by atoms with Crippen molar-refractivity contribution in [3.63, 3.8) is 0 Å². The fourth-order valence-corrected chi connectivity index (χ4v) is 2.09. The van der Waals surface area contributed by atoms with Crippen molar-refractivity contribution in [2.45, 2.75) is 0 Å². The topological polar surface area (TPSA) is 46.5 Å². The SMILES string of the molecule is O=C(Oc1cc2ccc(O)c(F)c2cc1F)c1ccccc1. The number of ether oxygens (including phenoxy) is 1. The Balaban J connectivity index is 2.00. The van der Waals surface area contributed by atoms with Crippen LogP contribution >= 0.6 is 0 Å². The van der Waals surface area contributed by atoms with Gasteiger partial charge in [-0.2, -0.15) is 0 Å². The molecule has 5 heteroatoms. The average Bonchev–Trinajstić information content (AvgIpc) is 2.53. The zero-order chi connectivity index (χ0) is 15.7. The molecular formula is C17H10F2O3. The number of esters is 1. The summed E-state index contributed by atoms with van der Waals surface area (Å²) in [5, 5.41) is 9.52. The average molecular weight is 300 g/mol. The first-order valence-electron chi connectivity index (χ1n) is 6.44. The van der Waals surface area contributed by atoms with Crippen LogP contribution in [0.4, 0.5) is 8.78 Å². The Kier molecular flexibility index (Phi) is 3.47. The second kappa shape index (κ2) is 5.44. The van der Waals surface area contributed by atoms with Crippen molar-refractivity contribution in [3.8, 4) is 11.5 Å². The van der Waals surface area contributed by atoms with E-state index in [2.05, 4.69) is 0 Å². The second-order valence-corrected chi connectivity index (χ2v) is 4.66. The summed E-state index contributed by atoms with van der Waals surface area (Å²) in [7, 11) is 0.